The van der Waals surface area contributed by atoms with Crippen molar-refractivity contribution < 1.29 is 17.2 Å². The maximum atomic E-state index is 14.7. The molecule has 0 saturated heterocycles. The van der Waals surface area contributed by atoms with Crippen LogP contribution in [0.4, 0.5) is 19.6 Å². The van der Waals surface area contributed by atoms with Crippen LogP contribution in [0, 0.1) is 29.4 Å². The van der Waals surface area contributed by atoms with Gasteiger partial charge in [-0.25, -0.2) is 22.2 Å². The summed E-state index contributed by atoms with van der Waals surface area (Å²) in [6.45, 7) is 2.93. The van der Waals surface area contributed by atoms with Gasteiger partial charge in [-0.1, -0.05) is 25.7 Å². The Morgan fingerprint density at radius 1 is 1.21 bits per heavy atom. The summed E-state index contributed by atoms with van der Waals surface area (Å²) in [6.07, 6.45) is 7.74. The highest BCUT2D eigenvalue weighted by molar-refractivity contribution is 7.93. The number of halogens is 2. The van der Waals surface area contributed by atoms with Gasteiger partial charge in [-0.05, 0) is 50.1 Å². The normalized spacial score (nSPS) is 20.9. The van der Waals surface area contributed by atoms with Crippen LogP contribution in [0.25, 0.3) is 0 Å². The maximum absolute atomic E-state index is 14.7. The molecule has 1 aromatic carbocycles. The van der Waals surface area contributed by atoms with Crippen LogP contribution < -0.4 is 21.5 Å². The Labute approximate surface area is 197 Å². The Balaban J connectivity index is 1.69. The fraction of sp³-hybridized carbons (Fsp3) is 0.619. The zero-order valence-electron chi connectivity index (χ0n) is 18.6. The summed E-state index contributed by atoms with van der Waals surface area (Å²) in [6, 6.07) is 1.39. The summed E-state index contributed by atoms with van der Waals surface area (Å²) in [5.41, 5.74) is 11.9. The first-order valence-corrected chi connectivity index (χ1v) is 13.4. The minimum Gasteiger partial charge on any atom is -0.382 e. The lowest BCUT2D eigenvalue weighted by Crippen LogP contribution is -2.36. The molecule has 3 rings (SSSR count). The lowest BCUT2D eigenvalue weighted by Gasteiger charge is -2.35. The van der Waals surface area contributed by atoms with Crippen LogP contribution in [0.2, 0.25) is 0 Å². The SMILES string of the molecule is CC(N)C(CNc1cc(F)c(S(=O)(=O)Nc2ncns2)cc1F)CC1CCCCC1CCN. The molecule has 1 fully saturated rings. The number of aromatic nitrogens is 2. The van der Waals surface area contributed by atoms with E-state index < -0.39 is 26.6 Å². The zero-order valence-corrected chi connectivity index (χ0v) is 20.3. The van der Waals surface area contributed by atoms with Gasteiger partial charge in [0, 0.05) is 30.2 Å². The van der Waals surface area contributed by atoms with E-state index in [4.69, 9.17) is 11.5 Å². The molecule has 8 nitrogen and oxygen atoms in total. The predicted molar refractivity (Wildman–Crippen MR) is 126 cm³/mol. The molecule has 1 heterocycles. The van der Waals surface area contributed by atoms with Gasteiger partial charge in [0.15, 0.2) is 0 Å². The summed E-state index contributed by atoms with van der Waals surface area (Å²) in [4.78, 5) is 2.90. The van der Waals surface area contributed by atoms with E-state index in [1.54, 1.807) is 0 Å². The predicted octanol–water partition coefficient (Wildman–Crippen LogP) is 3.54. The molecule has 6 N–H and O–H groups in total. The third-order valence-corrected chi connectivity index (χ3v) is 8.47. The van der Waals surface area contributed by atoms with E-state index in [2.05, 4.69) is 19.4 Å². The molecule has 4 unspecified atom stereocenters. The van der Waals surface area contributed by atoms with E-state index in [0.717, 1.165) is 43.2 Å². The molecule has 0 radical (unpaired) electrons. The van der Waals surface area contributed by atoms with E-state index in [1.807, 2.05) is 6.92 Å². The van der Waals surface area contributed by atoms with E-state index >= 15 is 0 Å². The first-order chi connectivity index (χ1) is 15.7. The summed E-state index contributed by atoms with van der Waals surface area (Å²) in [7, 11) is -4.34. The second-order valence-corrected chi connectivity index (χ2v) is 11.2. The molecule has 1 saturated carbocycles. The number of rotatable bonds is 11. The van der Waals surface area contributed by atoms with Gasteiger partial charge in [-0.2, -0.15) is 4.37 Å². The molecular formula is C21H32F2N6O2S2. The molecular weight excluding hydrogens is 470 g/mol. The quantitative estimate of drug-likeness (QED) is 0.369. The van der Waals surface area contributed by atoms with Crippen molar-refractivity contribution in [3.63, 3.8) is 0 Å². The average molecular weight is 503 g/mol. The van der Waals surface area contributed by atoms with Crippen molar-refractivity contribution in [2.45, 2.75) is 56.4 Å². The van der Waals surface area contributed by atoms with Crippen LogP contribution in [0.15, 0.2) is 23.4 Å². The van der Waals surface area contributed by atoms with Gasteiger partial charge < -0.3 is 16.8 Å². The third-order valence-electron chi connectivity index (χ3n) is 6.40. The number of anilines is 2. The van der Waals surface area contributed by atoms with Crippen LogP contribution in [0.5, 0.6) is 0 Å². The Kier molecular flexibility index (Phi) is 8.96. The number of benzene rings is 1. The Hall–Kier alpha value is -1.89. The molecule has 12 heteroatoms. The van der Waals surface area contributed by atoms with Crippen molar-refractivity contribution in [1.82, 2.24) is 9.36 Å². The Morgan fingerprint density at radius 2 is 1.94 bits per heavy atom. The highest BCUT2D eigenvalue weighted by atomic mass is 32.2. The number of sulfonamides is 1. The molecule has 2 aromatic rings. The summed E-state index contributed by atoms with van der Waals surface area (Å²) >= 11 is 0.790. The summed E-state index contributed by atoms with van der Waals surface area (Å²) < 4.78 is 60.0. The van der Waals surface area contributed by atoms with Gasteiger partial charge in [-0.3, -0.25) is 4.72 Å². The first kappa shape index (κ1) is 25.7. The molecule has 1 aliphatic carbocycles. The number of hydrogen-bond donors (Lipinski definition) is 4. The second kappa shape index (κ2) is 11.5. The van der Waals surface area contributed by atoms with Crippen molar-refractivity contribution in [2.75, 3.05) is 23.1 Å². The monoisotopic (exact) mass is 502 g/mol. The van der Waals surface area contributed by atoms with Gasteiger partial charge in [0.25, 0.3) is 10.0 Å². The number of nitrogens with two attached hydrogens (primary N) is 2. The van der Waals surface area contributed by atoms with E-state index in [0.29, 0.717) is 31.0 Å². The molecule has 0 aliphatic heterocycles. The maximum Gasteiger partial charge on any atom is 0.266 e. The van der Waals surface area contributed by atoms with Crippen LogP contribution in [0.3, 0.4) is 0 Å². The van der Waals surface area contributed by atoms with Crippen LogP contribution in [0.1, 0.15) is 45.4 Å². The van der Waals surface area contributed by atoms with Crippen molar-refractivity contribution in [2.24, 2.45) is 29.2 Å². The molecule has 0 spiro atoms. The van der Waals surface area contributed by atoms with E-state index in [1.165, 1.54) is 19.3 Å². The topological polar surface area (TPSA) is 136 Å². The summed E-state index contributed by atoms with van der Waals surface area (Å²) in [5, 5.41) is 2.91. The fourth-order valence-electron chi connectivity index (χ4n) is 4.56. The minimum atomic E-state index is -4.34. The van der Waals surface area contributed by atoms with Crippen LogP contribution in [-0.4, -0.2) is 36.9 Å². The van der Waals surface area contributed by atoms with Gasteiger partial charge in [-0.15, -0.1) is 0 Å². The molecule has 1 aliphatic rings. The van der Waals surface area contributed by atoms with Crippen LogP contribution in [-0.2, 0) is 10.0 Å². The number of nitrogens with one attached hydrogen (secondary N) is 2. The minimum absolute atomic E-state index is 0.0348. The average Bonchev–Trinajstić information content (AvgIpc) is 3.26. The second-order valence-electron chi connectivity index (χ2n) is 8.73. The Morgan fingerprint density at radius 3 is 2.58 bits per heavy atom. The molecule has 4 atom stereocenters. The fourth-order valence-corrected chi connectivity index (χ4v) is 6.29. The molecule has 33 heavy (non-hydrogen) atoms. The van der Waals surface area contributed by atoms with Gasteiger partial charge in [0.2, 0.25) is 5.13 Å². The van der Waals surface area contributed by atoms with Gasteiger partial charge in [0.05, 0.1) is 5.69 Å². The smallest absolute Gasteiger partial charge is 0.266 e. The largest absolute Gasteiger partial charge is 0.382 e. The highest BCUT2D eigenvalue weighted by Crippen LogP contribution is 2.37. The number of nitrogens with zero attached hydrogens (tertiary/aromatic N) is 2. The lowest BCUT2D eigenvalue weighted by atomic mass is 9.72. The van der Waals surface area contributed by atoms with E-state index in [9.17, 15) is 17.2 Å². The van der Waals surface area contributed by atoms with Crippen molar-refractivity contribution in [3.8, 4) is 0 Å². The zero-order chi connectivity index (χ0) is 24.0. The van der Waals surface area contributed by atoms with Crippen molar-refractivity contribution in [1.29, 1.82) is 0 Å². The standard InChI is InChI=1S/C21H32F2N6O2S2/c1-13(25)16(8-15-5-3-2-4-14(15)6-7-24)11-26-19-9-18(23)20(10-17(19)22)33(30,31)29-21-27-12-28-32-21/h9-10,12-16,26H,2-8,11,24-25H2,1H3,(H,27,28,29). The van der Waals surface area contributed by atoms with Crippen molar-refractivity contribution >= 4 is 32.4 Å². The molecule has 0 amide bonds. The third kappa shape index (κ3) is 6.81. The Bertz CT molecular complexity index is 1000. The lowest BCUT2D eigenvalue weighted by molar-refractivity contribution is 0.183. The van der Waals surface area contributed by atoms with Crippen molar-refractivity contribution in [3.05, 3.63) is 30.1 Å². The molecule has 184 valence electrons. The van der Waals surface area contributed by atoms with Gasteiger partial charge in [0.1, 0.15) is 22.9 Å². The van der Waals surface area contributed by atoms with Crippen LogP contribution >= 0.6 is 11.5 Å². The highest BCUT2D eigenvalue weighted by Gasteiger charge is 2.29. The first-order valence-electron chi connectivity index (χ1n) is 11.2. The van der Waals surface area contributed by atoms with Gasteiger partial charge >= 0.3 is 0 Å². The number of hydrogen-bond acceptors (Lipinski definition) is 8. The van der Waals surface area contributed by atoms with E-state index in [-0.39, 0.29) is 22.8 Å². The summed E-state index contributed by atoms with van der Waals surface area (Å²) in [5.74, 6) is -0.789. The molecule has 1 aromatic heterocycles. The molecule has 0 bridgehead atoms.